The van der Waals surface area contributed by atoms with Crippen molar-refractivity contribution in [3.8, 4) is 0 Å². The van der Waals surface area contributed by atoms with Crippen molar-refractivity contribution < 1.29 is 41.0 Å². The molecule has 7 nitrogen and oxygen atoms in total. The average molecular weight is 591 g/mol. The molecule has 2 atom stereocenters. The molecule has 0 fully saturated rings. The zero-order valence-corrected chi connectivity index (χ0v) is 23.9. The number of rotatable bonds is 15. The van der Waals surface area contributed by atoms with Crippen molar-refractivity contribution in [3.63, 3.8) is 0 Å². The summed E-state index contributed by atoms with van der Waals surface area (Å²) in [7, 11) is -3.24. The molecule has 0 aliphatic carbocycles. The van der Waals surface area contributed by atoms with Crippen molar-refractivity contribution in [2.75, 3.05) is 20.1 Å². The molecule has 3 N–H and O–H groups in total. The van der Waals surface area contributed by atoms with Gasteiger partial charge in [-0.1, -0.05) is 25.1 Å². The van der Waals surface area contributed by atoms with Gasteiger partial charge < -0.3 is 15.5 Å². The highest BCUT2D eigenvalue weighted by molar-refractivity contribution is 7.89. The van der Waals surface area contributed by atoms with Crippen molar-refractivity contribution in [1.82, 2.24) is 9.62 Å². The van der Waals surface area contributed by atoms with Gasteiger partial charge in [0.15, 0.2) is 0 Å². The number of aliphatic hydroxyl groups excluding tert-OH is 1. The summed E-state index contributed by atoms with van der Waals surface area (Å²) in [5.74, 6) is -2.01. The zero-order valence-electron chi connectivity index (χ0n) is 23.1. The fraction of sp³-hybridized carbons (Fsp3) is 0.536. The van der Waals surface area contributed by atoms with Gasteiger partial charge in [-0.05, 0) is 80.8 Å². The van der Waals surface area contributed by atoms with Gasteiger partial charge in [0.25, 0.3) is 0 Å². The molecule has 2 aromatic carbocycles. The van der Waals surface area contributed by atoms with E-state index in [9.17, 15) is 35.9 Å². The summed E-state index contributed by atoms with van der Waals surface area (Å²) in [6.07, 6.45) is -4.36. The largest absolute Gasteiger partial charge is 0.481 e. The van der Waals surface area contributed by atoms with Crippen LogP contribution in [0.3, 0.4) is 0 Å². The maximum atomic E-state index is 13.8. The Labute approximate surface area is 233 Å². The minimum Gasteiger partial charge on any atom is -0.481 e. The summed E-state index contributed by atoms with van der Waals surface area (Å²) >= 11 is 0. The second-order valence-electron chi connectivity index (χ2n) is 10.8. The van der Waals surface area contributed by atoms with Crippen LogP contribution < -0.4 is 5.32 Å². The van der Waals surface area contributed by atoms with E-state index < -0.39 is 50.2 Å². The van der Waals surface area contributed by atoms with Gasteiger partial charge in [0.05, 0.1) is 16.6 Å². The van der Waals surface area contributed by atoms with E-state index >= 15 is 0 Å². The van der Waals surface area contributed by atoms with E-state index in [1.807, 2.05) is 13.8 Å². The van der Waals surface area contributed by atoms with Crippen molar-refractivity contribution >= 4 is 16.0 Å². The highest BCUT2D eigenvalue weighted by atomic mass is 32.2. The van der Waals surface area contributed by atoms with E-state index in [1.165, 1.54) is 20.0 Å². The lowest BCUT2D eigenvalue weighted by Gasteiger charge is -2.29. The quantitative estimate of drug-likeness (QED) is 0.247. The number of β-amino-alcohol motifs (C(OH)–C–C–N with tert-alkyl or cyclic N) is 1. The Bertz CT molecular complexity index is 1250. The summed E-state index contributed by atoms with van der Waals surface area (Å²) < 4.78 is 81.7. The number of aliphatic hydroxyl groups is 1. The van der Waals surface area contributed by atoms with Gasteiger partial charge in [0, 0.05) is 32.1 Å². The molecule has 0 amide bonds. The Balaban J connectivity index is 2.06. The number of aliphatic carboxylic acids is 1. The topological polar surface area (TPSA) is 107 Å². The lowest BCUT2D eigenvalue weighted by molar-refractivity contribution is -0.138. The molecule has 0 aliphatic rings. The van der Waals surface area contributed by atoms with Gasteiger partial charge >= 0.3 is 12.1 Å². The number of halogens is 4. The number of carboxylic acid groups (broad SMARTS) is 1. The minimum atomic E-state index is -4.81. The molecule has 0 aromatic heterocycles. The standard InChI is InChI=1S/C28H38F4N2O5S/c1-19(11-12-26(36)37)21-14-22(28(30,31)32)16-24(15-21)40(38,39)34(4)18-23(35)17-33-27(2,3)13-7-9-20-8-5-6-10-25(20)29/h5-6,8,10,14-16,19,23,33,35H,7,9,11-13,17-18H2,1-4H3,(H,36,37). The molecule has 2 unspecified atom stereocenters. The predicted octanol–water partition coefficient (Wildman–Crippen LogP) is 5.19. The molecule has 2 aromatic rings. The van der Waals surface area contributed by atoms with Crippen LogP contribution in [0.5, 0.6) is 0 Å². The Morgan fingerprint density at radius 1 is 1.12 bits per heavy atom. The molecule has 0 bridgehead atoms. The van der Waals surface area contributed by atoms with Crippen LogP contribution in [0, 0.1) is 5.82 Å². The molecule has 224 valence electrons. The third-order valence-corrected chi connectivity index (χ3v) is 8.62. The Kier molecular flexibility index (Phi) is 11.7. The molecule has 2 rings (SSSR count). The van der Waals surface area contributed by atoms with E-state index in [4.69, 9.17) is 5.11 Å². The van der Waals surface area contributed by atoms with Crippen LogP contribution in [0.1, 0.15) is 69.1 Å². The van der Waals surface area contributed by atoms with Crippen LogP contribution in [0.2, 0.25) is 0 Å². The third kappa shape index (κ3) is 10.1. The van der Waals surface area contributed by atoms with Crippen molar-refractivity contribution in [2.24, 2.45) is 0 Å². The third-order valence-electron chi connectivity index (χ3n) is 6.81. The maximum absolute atomic E-state index is 13.8. The first kappa shape index (κ1) is 33.7. The monoisotopic (exact) mass is 590 g/mol. The van der Waals surface area contributed by atoms with Crippen LogP contribution in [0.25, 0.3) is 0 Å². The molecular weight excluding hydrogens is 552 g/mol. The second-order valence-corrected chi connectivity index (χ2v) is 12.8. The lowest BCUT2D eigenvalue weighted by atomic mass is 9.94. The van der Waals surface area contributed by atoms with Gasteiger partial charge in [0.2, 0.25) is 10.0 Å². The second kappa shape index (κ2) is 13.9. The van der Waals surface area contributed by atoms with Gasteiger partial charge in [-0.2, -0.15) is 17.5 Å². The molecule has 0 spiro atoms. The summed E-state index contributed by atoms with van der Waals surface area (Å²) in [6, 6.07) is 9.01. The van der Waals surface area contributed by atoms with E-state index in [0.717, 1.165) is 16.4 Å². The van der Waals surface area contributed by atoms with Gasteiger partial charge in [-0.15, -0.1) is 0 Å². The fourth-order valence-corrected chi connectivity index (χ4v) is 5.56. The van der Waals surface area contributed by atoms with Gasteiger partial charge in [-0.3, -0.25) is 4.79 Å². The Morgan fingerprint density at radius 3 is 2.38 bits per heavy atom. The van der Waals surface area contributed by atoms with E-state index in [2.05, 4.69) is 5.32 Å². The molecule has 0 saturated carbocycles. The summed E-state index contributed by atoms with van der Waals surface area (Å²) in [5, 5.41) is 22.6. The van der Waals surface area contributed by atoms with Gasteiger partial charge in [0.1, 0.15) is 5.82 Å². The maximum Gasteiger partial charge on any atom is 0.416 e. The summed E-state index contributed by atoms with van der Waals surface area (Å²) in [6.45, 7) is 4.98. The van der Waals surface area contributed by atoms with Crippen molar-refractivity contribution in [1.29, 1.82) is 0 Å². The highest BCUT2D eigenvalue weighted by Crippen LogP contribution is 2.35. The van der Waals surface area contributed by atoms with Crippen LogP contribution in [0.15, 0.2) is 47.4 Å². The number of carbonyl (C=O) groups is 1. The molecule has 0 heterocycles. The van der Waals surface area contributed by atoms with Crippen molar-refractivity contribution in [2.45, 2.75) is 81.5 Å². The number of benzene rings is 2. The SMILES string of the molecule is CC(CCC(=O)O)c1cc(C(F)(F)F)cc(S(=O)(=O)N(C)CC(O)CNC(C)(C)CCCc2ccccc2F)c1. The molecule has 0 saturated heterocycles. The number of alkyl halides is 3. The number of likely N-dealkylation sites (N-methyl/N-ethyl adjacent to an activating group) is 1. The smallest absolute Gasteiger partial charge is 0.416 e. The van der Waals surface area contributed by atoms with Crippen molar-refractivity contribution in [3.05, 3.63) is 65.0 Å². The fourth-order valence-electron chi connectivity index (χ4n) is 4.27. The van der Waals surface area contributed by atoms with Crippen LogP contribution in [-0.2, 0) is 27.4 Å². The molecule has 40 heavy (non-hydrogen) atoms. The van der Waals surface area contributed by atoms with E-state index in [-0.39, 0.29) is 37.3 Å². The molecule has 0 radical (unpaired) electrons. The summed E-state index contributed by atoms with van der Waals surface area (Å²) in [4.78, 5) is 10.3. The number of hydrogen-bond donors (Lipinski definition) is 3. The number of hydrogen-bond acceptors (Lipinski definition) is 5. The zero-order chi connectivity index (χ0) is 30.3. The molecule has 12 heteroatoms. The number of nitrogens with one attached hydrogen (secondary N) is 1. The van der Waals surface area contributed by atoms with E-state index in [1.54, 1.807) is 18.2 Å². The number of carboxylic acids is 1. The number of sulfonamides is 1. The number of nitrogens with zero attached hydrogens (tertiary/aromatic N) is 1. The molecular formula is C28H38F4N2O5S. The summed E-state index contributed by atoms with van der Waals surface area (Å²) in [5.41, 5.74) is -0.939. The van der Waals surface area contributed by atoms with Crippen LogP contribution in [0.4, 0.5) is 17.6 Å². The first-order chi connectivity index (χ1) is 18.4. The normalized spacial score (nSPS) is 14.3. The lowest BCUT2D eigenvalue weighted by Crippen LogP contribution is -2.46. The Morgan fingerprint density at radius 2 is 1.77 bits per heavy atom. The number of aryl methyl sites for hydroxylation is 1. The van der Waals surface area contributed by atoms with E-state index in [0.29, 0.717) is 30.9 Å². The first-order valence-electron chi connectivity index (χ1n) is 13.0. The van der Waals surface area contributed by atoms with Crippen LogP contribution in [-0.4, -0.2) is 60.7 Å². The first-order valence-corrected chi connectivity index (χ1v) is 14.4. The Hall–Kier alpha value is -2.54. The predicted molar refractivity (Wildman–Crippen MR) is 144 cm³/mol. The van der Waals surface area contributed by atoms with Gasteiger partial charge in [-0.25, -0.2) is 12.8 Å². The average Bonchev–Trinajstić information content (AvgIpc) is 2.86. The minimum absolute atomic E-state index is 0.0205. The van der Waals surface area contributed by atoms with Crippen LogP contribution >= 0.6 is 0 Å². The highest BCUT2D eigenvalue weighted by Gasteiger charge is 2.34. The molecule has 0 aliphatic heterocycles.